The molecule has 114 valence electrons. The van der Waals surface area contributed by atoms with E-state index in [-0.39, 0.29) is 0 Å². The Morgan fingerprint density at radius 1 is 0.800 bits per heavy atom. The van der Waals surface area contributed by atoms with Crippen LogP contribution in [0.2, 0.25) is 0 Å². The molecule has 0 saturated carbocycles. The van der Waals surface area contributed by atoms with E-state index in [2.05, 4.69) is 28.5 Å². The number of piperazine rings is 1. The van der Waals surface area contributed by atoms with Crippen molar-refractivity contribution in [2.75, 3.05) is 32.7 Å². The van der Waals surface area contributed by atoms with E-state index in [0.29, 0.717) is 0 Å². The van der Waals surface area contributed by atoms with Crippen LogP contribution in [0.25, 0.3) is 0 Å². The first-order valence-corrected chi connectivity index (χ1v) is 8.98. The van der Waals surface area contributed by atoms with E-state index in [0.717, 1.165) is 30.1 Å². The smallest absolute Gasteiger partial charge is 0.0268 e. The van der Waals surface area contributed by atoms with Gasteiger partial charge in [0, 0.05) is 43.8 Å². The lowest BCUT2D eigenvalue weighted by molar-refractivity contribution is -0.00692. The minimum atomic E-state index is 0.798. The van der Waals surface area contributed by atoms with E-state index in [1.807, 2.05) is 0 Å². The van der Waals surface area contributed by atoms with Crippen LogP contribution in [0.1, 0.15) is 46.0 Å². The van der Waals surface area contributed by atoms with E-state index in [4.69, 9.17) is 0 Å². The Hall–Kier alpha value is -0.120. The van der Waals surface area contributed by atoms with Gasteiger partial charge in [0.15, 0.2) is 0 Å². The molecule has 4 fully saturated rings. The summed E-state index contributed by atoms with van der Waals surface area (Å²) in [7, 11) is 0. The monoisotopic (exact) mass is 277 g/mol. The summed E-state index contributed by atoms with van der Waals surface area (Å²) in [6, 6.07) is 3.44. The standard InChI is InChI=1S/C17H31N3/c1-13(2)17-12-19-9-3-5-14(19)11-20(17)16-7-10-18-8-4-6-15(16)18/h13-17H,3-12H2,1-2H3. The fourth-order valence-electron chi connectivity index (χ4n) is 5.48. The van der Waals surface area contributed by atoms with Crippen molar-refractivity contribution in [1.29, 1.82) is 0 Å². The first-order chi connectivity index (χ1) is 9.74. The first kappa shape index (κ1) is 13.5. The molecular formula is C17H31N3. The summed E-state index contributed by atoms with van der Waals surface area (Å²) in [6.07, 6.45) is 7.21. The molecule has 4 heterocycles. The maximum Gasteiger partial charge on any atom is 0.0268 e. The second-order valence-corrected chi connectivity index (χ2v) is 7.90. The Kier molecular flexibility index (Phi) is 3.56. The van der Waals surface area contributed by atoms with E-state index in [1.165, 1.54) is 64.8 Å². The van der Waals surface area contributed by atoms with Gasteiger partial charge in [0.05, 0.1) is 0 Å². The topological polar surface area (TPSA) is 9.72 Å². The van der Waals surface area contributed by atoms with Crippen molar-refractivity contribution in [3.05, 3.63) is 0 Å². The molecule has 3 nitrogen and oxygen atoms in total. The largest absolute Gasteiger partial charge is 0.299 e. The van der Waals surface area contributed by atoms with E-state index >= 15 is 0 Å². The van der Waals surface area contributed by atoms with Crippen LogP contribution in [0.4, 0.5) is 0 Å². The lowest BCUT2D eigenvalue weighted by Crippen LogP contribution is -2.62. The van der Waals surface area contributed by atoms with Gasteiger partial charge in [0.25, 0.3) is 0 Å². The number of fused-ring (bicyclic) bond motifs is 2. The summed E-state index contributed by atoms with van der Waals surface area (Å²) in [6.45, 7) is 11.7. The second kappa shape index (κ2) is 5.26. The molecule has 3 heteroatoms. The fraction of sp³-hybridized carbons (Fsp3) is 1.00. The maximum absolute atomic E-state index is 2.97. The van der Waals surface area contributed by atoms with Gasteiger partial charge < -0.3 is 0 Å². The van der Waals surface area contributed by atoms with Crippen molar-refractivity contribution >= 4 is 0 Å². The molecule has 4 aliphatic rings. The number of hydrogen-bond donors (Lipinski definition) is 0. The fourth-order valence-corrected chi connectivity index (χ4v) is 5.48. The minimum absolute atomic E-state index is 0.798. The molecule has 0 aromatic heterocycles. The molecule has 0 spiro atoms. The van der Waals surface area contributed by atoms with E-state index in [1.54, 1.807) is 0 Å². The Morgan fingerprint density at radius 3 is 2.45 bits per heavy atom. The van der Waals surface area contributed by atoms with Crippen LogP contribution in [-0.2, 0) is 0 Å². The highest BCUT2D eigenvalue weighted by molar-refractivity contribution is 5.03. The van der Waals surface area contributed by atoms with Crippen molar-refractivity contribution in [1.82, 2.24) is 14.7 Å². The molecule has 4 aliphatic heterocycles. The van der Waals surface area contributed by atoms with Crippen LogP contribution in [0.15, 0.2) is 0 Å². The van der Waals surface area contributed by atoms with Gasteiger partial charge in [-0.15, -0.1) is 0 Å². The number of nitrogens with zero attached hydrogens (tertiary/aromatic N) is 3. The van der Waals surface area contributed by atoms with Crippen LogP contribution in [-0.4, -0.2) is 71.6 Å². The third-order valence-electron chi connectivity index (χ3n) is 6.53. The lowest BCUT2D eigenvalue weighted by Gasteiger charge is -2.49. The zero-order valence-corrected chi connectivity index (χ0v) is 13.3. The summed E-state index contributed by atoms with van der Waals surface area (Å²) < 4.78 is 0. The van der Waals surface area contributed by atoms with Crippen LogP contribution >= 0.6 is 0 Å². The predicted molar refractivity (Wildman–Crippen MR) is 82.9 cm³/mol. The summed E-state index contributed by atoms with van der Waals surface area (Å²) >= 11 is 0. The van der Waals surface area contributed by atoms with Gasteiger partial charge in [-0.3, -0.25) is 14.7 Å². The highest BCUT2D eigenvalue weighted by Crippen LogP contribution is 2.36. The van der Waals surface area contributed by atoms with Gasteiger partial charge in [0.1, 0.15) is 0 Å². The summed E-state index contributed by atoms with van der Waals surface area (Å²) in [5.74, 6) is 0.798. The van der Waals surface area contributed by atoms with Crippen molar-refractivity contribution in [2.24, 2.45) is 5.92 Å². The summed E-state index contributed by atoms with van der Waals surface area (Å²) in [5.41, 5.74) is 0. The van der Waals surface area contributed by atoms with Gasteiger partial charge in [0.2, 0.25) is 0 Å². The average Bonchev–Trinajstić information content (AvgIpc) is 3.12. The van der Waals surface area contributed by atoms with Gasteiger partial charge in [-0.05, 0) is 51.1 Å². The minimum Gasteiger partial charge on any atom is -0.299 e. The Bertz CT molecular complexity index is 356. The van der Waals surface area contributed by atoms with Crippen molar-refractivity contribution in [2.45, 2.75) is 70.1 Å². The van der Waals surface area contributed by atoms with Crippen molar-refractivity contribution in [3.63, 3.8) is 0 Å². The van der Waals surface area contributed by atoms with Crippen LogP contribution in [0, 0.1) is 5.92 Å². The van der Waals surface area contributed by atoms with Crippen LogP contribution in [0.3, 0.4) is 0 Å². The quantitative estimate of drug-likeness (QED) is 0.765. The SMILES string of the molecule is CC(C)C1CN2CCCC2CN1C1CCN2CCCC12. The molecule has 0 aliphatic carbocycles. The zero-order chi connectivity index (χ0) is 13.7. The lowest BCUT2D eigenvalue weighted by atomic mass is 9.92. The summed E-state index contributed by atoms with van der Waals surface area (Å²) in [4.78, 5) is 8.54. The number of rotatable bonds is 2. The molecule has 0 aromatic rings. The molecule has 0 bridgehead atoms. The molecule has 4 saturated heterocycles. The summed E-state index contributed by atoms with van der Waals surface area (Å²) in [5, 5.41) is 0. The molecule has 4 rings (SSSR count). The third kappa shape index (κ3) is 2.13. The van der Waals surface area contributed by atoms with Gasteiger partial charge >= 0.3 is 0 Å². The molecule has 4 atom stereocenters. The molecule has 0 N–H and O–H groups in total. The van der Waals surface area contributed by atoms with Gasteiger partial charge in [-0.2, -0.15) is 0 Å². The third-order valence-corrected chi connectivity index (χ3v) is 6.53. The Balaban J connectivity index is 1.54. The predicted octanol–water partition coefficient (Wildman–Crippen LogP) is 2.03. The van der Waals surface area contributed by atoms with Crippen LogP contribution < -0.4 is 0 Å². The van der Waals surface area contributed by atoms with Gasteiger partial charge in [-0.25, -0.2) is 0 Å². The molecule has 4 unspecified atom stereocenters. The molecule has 0 radical (unpaired) electrons. The highest BCUT2D eigenvalue weighted by atomic mass is 15.4. The highest BCUT2D eigenvalue weighted by Gasteiger charge is 2.46. The molecule has 0 aromatic carbocycles. The van der Waals surface area contributed by atoms with Crippen LogP contribution in [0.5, 0.6) is 0 Å². The number of hydrogen-bond acceptors (Lipinski definition) is 3. The Morgan fingerprint density at radius 2 is 1.60 bits per heavy atom. The average molecular weight is 277 g/mol. The van der Waals surface area contributed by atoms with Crippen molar-refractivity contribution < 1.29 is 0 Å². The maximum atomic E-state index is 2.97. The van der Waals surface area contributed by atoms with E-state index < -0.39 is 0 Å². The normalized spacial score (nSPS) is 43.4. The van der Waals surface area contributed by atoms with E-state index in [9.17, 15) is 0 Å². The molecular weight excluding hydrogens is 246 g/mol. The zero-order valence-electron chi connectivity index (χ0n) is 13.3. The molecule has 0 amide bonds. The Labute approximate surface area is 124 Å². The first-order valence-electron chi connectivity index (χ1n) is 8.98. The second-order valence-electron chi connectivity index (χ2n) is 7.90. The van der Waals surface area contributed by atoms with Gasteiger partial charge in [-0.1, -0.05) is 13.8 Å². The van der Waals surface area contributed by atoms with Crippen molar-refractivity contribution in [3.8, 4) is 0 Å². The molecule has 20 heavy (non-hydrogen) atoms.